The third-order valence-electron chi connectivity index (χ3n) is 4.01. The van der Waals surface area contributed by atoms with Crippen LogP contribution in [0, 0.1) is 0 Å². The van der Waals surface area contributed by atoms with E-state index < -0.39 is 0 Å². The highest BCUT2D eigenvalue weighted by Crippen LogP contribution is 2.19. The van der Waals surface area contributed by atoms with Gasteiger partial charge in [0.15, 0.2) is 5.11 Å². The number of hydrogen-bond donors (Lipinski definition) is 3. The molecule has 126 valence electrons. The molecule has 1 aromatic rings. The standard InChI is InChI=1S/C17H26N4OS/c1-2-3-11-18-17(23)20-19-16(22)15-10-7-12-21(15)13-14-8-5-4-6-9-14/h4-6,8-9,15H,2-3,7,10-13H2,1H3,(H,19,22)(H2,18,20,23)/t15-/m0/s1. The maximum atomic E-state index is 12.4. The normalized spacial score (nSPS) is 17.7. The van der Waals surface area contributed by atoms with Crippen LogP contribution in [0.15, 0.2) is 30.3 Å². The van der Waals surface area contributed by atoms with Crippen molar-refractivity contribution in [2.45, 2.75) is 45.2 Å². The van der Waals surface area contributed by atoms with Crippen molar-refractivity contribution in [3.63, 3.8) is 0 Å². The summed E-state index contributed by atoms with van der Waals surface area (Å²) in [6, 6.07) is 10.2. The number of rotatable bonds is 6. The van der Waals surface area contributed by atoms with Crippen LogP contribution in [0.25, 0.3) is 0 Å². The Hall–Kier alpha value is -1.66. The van der Waals surface area contributed by atoms with Gasteiger partial charge in [-0.25, -0.2) is 0 Å². The van der Waals surface area contributed by atoms with Gasteiger partial charge < -0.3 is 5.32 Å². The Labute approximate surface area is 143 Å². The molecule has 23 heavy (non-hydrogen) atoms. The second-order valence-corrected chi connectivity index (χ2v) is 6.25. The first kappa shape index (κ1) is 17.7. The maximum Gasteiger partial charge on any atom is 0.255 e. The molecule has 2 rings (SSSR count). The molecule has 1 heterocycles. The molecule has 0 bridgehead atoms. The van der Waals surface area contributed by atoms with Gasteiger partial charge in [-0.3, -0.25) is 20.5 Å². The number of carbonyl (C=O) groups is 1. The minimum Gasteiger partial charge on any atom is -0.361 e. The number of thiocarbonyl (C=S) groups is 1. The van der Waals surface area contributed by atoms with Crippen LogP contribution in [0.2, 0.25) is 0 Å². The van der Waals surface area contributed by atoms with Crippen LogP contribution in [0.1, 0.15) is 38.2 Å². The van der Waals surface area contributed by atoms with E-state index in [0.717, 1.165) is 45.3 Å². The van der Waals surface area contributed by atoms with Gasteiger partial charge in [0, 0.05) is 13.1 Å². The van der Waals surface area contributed by atoms with Gasteiger partial charge >= 0.3 is 0 Å². The Morgan fingerprint density at radius 2 is 2.09 bits per heavy atom. The lowest BCUT2D eigenvalue weighted by molar-refractivity contribution is -0.126. The van der Waals surface area contributed by atoms with E-state index >= 15 is 0 Å². The van der Waals surface area contributed by atoms with Crippen LogP contribution in [-0.2, 0) is 11.3 Å². The number of hydrogen-bond acceptors (Lipinski definition) is 3. The molecule has 0 saturated carbocycles. The maximum absolute atomic E-state index is 12.4. The second kappa shape index (κ2) is 9.47. The molecule has 1 aliphatic rings. The summed E-state index contributed by atoms with van der Waals surface area (Å²) in [6.07, 6.45) is 4.10. The smallest absolute Gasteiger partial charge is 0.255 e. The van der Waals surface area contributed by atoms with Gasteiger partial charge in [-0.05, 0) is 43.6 Å². The third-order valence-corrected chi connectivity index (χ3v) is 4.26. The average Bonchev–Trinajstić information content (AvgIpc) is 3.02. The van der Waals surface area contributed by atoms with Gasteiger partial charge in [-0.15, -0.1) is 0 Å². The van der Waals surface area contributed by atoms with Crippen molar-refractivity contribution >= 4 is 23.2 Å². The predicted octanol–water partition coefficient (Wildman–Crippen LogP) is 1.95. The lowest BCUT2D eigenvalue weighted by atomic mass is 10.2. The van der Waals surface area contributed by atoms with E-state index in [0.29, 0.717) is 5.11 Å². The van der Waals surface area contributed by atoms with E-state index in [1.807, 2.05) is 18.2 Å². The molecule has 1 aliphatic heterocycles. The number of unbranched alkanes of at least 4 members (excludes halogenated alkanes) is 1. The van der Waals surface area contributed by atoms with Crippen molar-refractivity contribution in [2.75, 3.05) is 13.1 Å². The number of benzene rings is 1. The summed E-state index contributed by atoms with van der Waals surface area (Å²) < 4.78 is 0. The molecule has 1 fully saturated rings. The first-order chi connectivity index (χ1) is 11.2. The molecule has 0 spiro atoms. The number of nitrogens with zero attached hydrogens (tertiary/aromatic N) is 1. The summed E-state index contributed by atoms with van der Waals surface area (Å²) in [5, 5.41) is 3.54. The first-order valence-electron chi connectivity index (χ1n) is 8.32. The summed E-state index contributed by atoms with van der Waals surface area (Å²) in [5.74, 6) is -0.0157. The van der Waals surface area contributed by atoms with Gasteiger partial charge in [0.25, 0.3) is 5.91 Å². The topological polar surface area (TPSA) is 56.4 Å². The summed E-state index contributed by atoms with van der Waals surface area (Å²) in [7, 11) is 0. The van der Waals surface area contributed by atoms with Crippen molar-refractivity contribution in [3.05, 3.63) is 35.9 Å². The lowest BCUT2D eigenvalue weighted by Gasteiger charge is -2.24. The molecular weight excluding hydrogens is 308 g/mol. The lowest BCUT2D eigenvalue weighted by Crippen LogP contribution is -2.52. The summed E-state index contributed by atoms with van der Waals surface area (Å²) in [4.78, 5) is 14.6. The zero-order chi connectivity index (χ0) is 16.5. The number of hydrazine groups is 1. The van der Waals surface area contributed by atoms with Crippen molar-refractivity contribution < 1.29 is 4.79 Å². The van der Waals surface area contributed by atoms with Crippen molar-refractivity contribution in [1.29, 1.82) is 0 Å². The average molecular weight is 334 g/mol. The van der Waals surface area contributed by atoms with Gasteiger partial charge in [0.05, 0.1) is 6.04 Å². The Morgan fingerprint density at radius 1 is 1.30 bits per heavy atom. The molecule has 1 aromatic carbocycles. The van der Waals surface area contributed by atoms with Gasteiger partial charge in [-0.2, -0.15) is 0 Å². The minimum atomic E-state index is -0.0962. The molecule has 5 nitrogen and oxygen atoms in total. The zero-order valence-electron chi connectivity index (χ0n) is 13.7. The molecule has 0 radical (unpaired) electrons. The Kier molecular flexibility index (Phi) is 7.29. The van der Waals surface area contributed by atoms with Gasteiger partial charge in [0.2, 0.25) is 0 Å². The van der Waals surface area contributed by atoms with Crippen molar-refractivity contribution in [1.82, 2.24) is 21.1 Å². The highest BCUT2D eigenvalue weighted by molar-refractivity contribution is 7.80. The Balaban J connectivity index is 1.77. The van der Waals surface area contributed by atoms with E-state index in [4.69, 9.17) is 12.2 Å². The highest BCUT2D eigenvalue weighted by atomic mass is 32.1. The number of nitrogens with one attached hydrogen (secondary N) is 3. The van der Waals surface area contributed by atoms with E-state index in [2.05, 4.69) is 40.1 Å². The van der Waals surface area contributed by atoms with Crippen LogP contribution in [-0.4, -0.2) is 35.1 Å². The van der Waals surface area contributed by atoms with E-state index in [1.54, 1.807) is 0 Å². The molecule has 1 atom stereocenters. The fraction of sp³-hybridized carbons (Fsp3) is 0.529. The fourth-order valence-corrected chi connectivity index (χ4v) is 2.91. The molecule has 0 aliphatic carbocycles. The van der Waals surface area contributed by atoms with Gasteiger partial charge in [-0.1, -0.05) is 43.7 Å². The van der Waals surface area contributed by atoms with Crippen LogP contribution in [0.3, 0.4) is 0 Å². The van der Waals surface area contributed by atoms with E-state index in [-0.39, 0.29) is 11.9 Å². The largest absolute Gasteiger partial charge is 0.361 e. The summed E-state index contributed by atoms with van der Waals surface area (Å²) in [5.41, 5.74) is 6.76. The van der Waals surface area contributed by atoms with E-state index in [1.165, 1.54) is 5.56 Å². The second-order valence-electron chi connectivity index (χ2n) is 5.84. The quantitative estimate of drug-likeness (QED) is 0.422. The molecule has 1 amide bonds. The van der Waals surface area contributed by atoms with E-state index in [9.17, 15) is 4.79 Å². The SMILES string of the molecule is CCCCNC(=S)NNC(=O)[C@@H]1CCCN1Cc1ccccc1. The van der Waals surface area contributed by atoms with Crippen molar-refractivity contribution in [2.24, 2.45) is 0 Å². The minimum absolute atomic E-state index is 0.0157. The zero-order valence-corrected chi connectivity index (χ0v) is 14.5. The molecule has 6 heteroatoms. The number of likely N-dealkylation sites (tertiary alicyclic amines) is 1. The molecule has 3 N–H and O–H groups in total. The van der Waals surface area contributed by atoms with Crippen LogP contribution < -0.4 is 16.2 Å². The predicted molar refractivity (Wildman–Crippen MR) is 96.7 cm³/mol. The number of carbonyl (C=O) groups excluding carboxylic acids is 1. The summed E-state index contributed by atoms with van der Waals surface area (Å²) in [6.45, 7) is 4.70. The third kappa shape index (κ3) is 5.80. The highest BCUT2D eigenvalue weighted by Gasteiger charge is 2.30. The Morgan fingerprint density at radius 3 is 2.83 bits per heavy atom. The van der Waals surface area contributed by atoms with Crippen LogP contribution in [0.4, 0.5) is 0 Å². The van der Waals surface area contributed by atoms with Crippen molar-refractivity contribution in [3.8, 4) is 0 Å². The number of amides is 1. The molecular formula is C17H26N4OS. The first-order valence-corrected chi connectivity index (χ1v) is 8.73. The molecule has 1 saturated heterocycles. The summed E-state index contributed by atoms with van der Waals surface area (Å²) >= 11 is 5.14. The van der Waals surface area contributed by atoms with Crippen LogP contribution >= 0.6 is 12.2 Å². The fourth-order valence-electron chi connectivity index (χ4n) is 2.75. The molecule has 0 unspecified atom stereocenters. The molecule has 0 aromatic heterocycles. The van der Waals surface area contributed by atoms with Crippen LogP contribution in [0.5, 0.6) is 0 Å². The Bertz CT molecular complexity index is 509. The van der Waals surface area contributed by atoms with Gasteiger partial charge in [0.1, 0.15) is 0 Å². The monoisotopic (exact) mass is 334 g/mol.